The molecule has 7 heteroatoms. The van der Waals surface area contributed by atoms with Crippen molar-refractivity contribution in [3.8, 4) is 0 Å². The number of carbonyl (C=O) groups excluding carboxylic acids is 1. The second-order valence-electron chi connectivity index (χ2n) is 6.96. The van der Waals surface area contributed by atoms with Gasteiger partial charge in [0, 0.05) is 37.5 Å². The van der Waals surface area contributed by atoms with E-state index in [1.54, 1.807) is 11.3 Å². The number of nitrogens with zero attached hydrogens (tertiary/aromatic N) is 4. The van der Waals surface area contributed by atoms with Crippen LogP contribution in [0.2, 0.25) is 0 Å². The Kier molecular flexibility index (Phi) is 5.12. The molecule has 0 aromatic carbocycles. The topological polar surface area (TPSA) is 62.5 Å². The van der Waals surface area contributed by atoms with E-state index in [0.717, 1.165) is 44.0 Å². The number of hydrogen-bond acceptors (Lipinski definition) is 6. The molecule has 4 rings (SSSR count). The number of carbonyl (C=O) groups is 1. The summed E-state index contributed by atoms with van der Waals surface area (Å²) in [5.41, 5.74) is 0.802. The van der Waals surface area contributed by atoms with Gasteiger partial charge in [-0.2, -0.15) is 16.3 Å². The molecule has 2 aliphatic rings. The van der Waals surface area contributed by atoms with Gasteiger partial charge in [0.25, 0.3) is 5.91 Å². The van der Waals surface area contributed by atoms with Crippen molar-refractivity contribution in [3.05, 3.63) is 34.1 Å². The standard InChI is InChI=1S/C18H24N4O2S/c23-18(15-6-11-25-13-15)22-8-3-7-21(9-10-22)12-16-19-17(20-24-16)14-4-1-2-5-14/h6,11,13-14H,1-5,7-10,12H2. The number of rotatable bonds is 4. The summed E-state index contributed by atoms with van der Waals surface area (Å²) in [4.78, 5) is 21.4. The SMILES string of the molecule is O=C(c1ccsc1)N1CCCN(Cc2nc(C3CCCC3)no2)CC1. The molecule has 0 N–H and O–H groups in total. The first-order valence-corrected chi connectivity index (χ1v) is 10.1. The summed E-state index contributed by atoms with van der Waals surface area (Å²) in [7, 11) is 0. The van der Waals surface area contributed by atoms with Crippen LogP contribution >= 0.6 is 11.3 Å². The van der Waals surface area contributed by atoms with E-state index in [0.29, 0.717) is 18.4 Å². The van der Waals surface area contributed by atoms with Crippen molar-refractivity contribution in [1.29, 1.82) is 0 Å². The summed E-state index contributed by atoms with van der Waals surface area (Å²) in [6.07, 6.45) is 5.88. The molecule has 1 aliphatic heterocycles. The summed E-state index contributed by atoms with van der Waals surface area (Å²) in [5.74, 6) is 2.22. The maximum atomic E-state index is 12.5. The minimum Gasteiger partial charge on any atom is -0.338 e. The quantitative estimate of drug-likeness (QED) is 0.838. The third-order valence-electron chi connectivity index (χ3n) is 5.21. The van der Waals surface area contributed by atoms with Crippen molar-refractivity contribution in [2.24, 2.45) is 0 Å². The van der Waals surface area contributed by atoms with Crippen LogP contribution in [-0.4, -0.2) is 52.0 Å². The molecule has 0 bridgehead atoms. The van der Waals surface area contributed by atoms with Crippen LogP contribution in [0.15, 0.2) is 21.3 Å². The van der Waals surface area contributed by atoms with Gasteiger partial charge in [-0.1, -0.05) is 18.0 Å². The fourth-order valence-electron chi connectivity index (χ4n) is 3.77. The Hall–Kier alpha value is -1.73. The van der Waals surface area contributed by atoms with Gasteiger partial charge >= 0.3 is 0 Å². The minimum atomic E-state index is 0.143. The highest BCUT2D eigenvalue weighted by Crippen LogP contribution is 2.32. The normalized spacial score (nSPS) is 20.1. The van der Waals surface area contributed by atoms with Crippen LogP contribution in [0.4, 0.5) is 0 Å². The molecule has 2 aromatic heterocycles. The maximum Gasteiger partial charge on any atom is 0.254 e. The lowest BCUT2D eigenvalue weighted by Crippen LogP contribution is -2.34. The van der Waals surface area contributed by atoms with Crippen molar-refractivity contribution in [2.45, 2.75) is 44.6 Å². The van der Waals surface area contributed by atoms with E-state index < -0.39 is 0 Å². The van der Waals surface area contributed by atoms with Crippen LogP contribution < -0.4 is 0 Å². The number of aromatic nitrogens is 2. The molecular weight excluding hydrogens is 336 g/mol. The molecular formula is C18H24N4O2S. The van der Waals surface area contributed by atoms with Gasteiger partial charge in [0.2, 0.25) is 5.89 Å². The highest BCUT2D eigenvalue weighted by atomic mass is 32.1. The third kappa shape index (κ3) is 3.93. The van der Waals surface area contributed by atoms with Crippen LogP contribution in [0.5, 0.6) is 0 Å². The zero-order valence-electron chi connectivity index (χ0n) is 14.4. The zero-order valence-corrected chi connectivity index (χ0v) is 15.2. The predicted molar refractivity (Wildman–Crippen MR) is 95.6 cm³/mol. The summed E-state index contributed by atoms with van der Waals surface area (Å²) < 4.78 is 5.47. The molecule has 134 valence electrons. The molecule has 1 saturated carbocycles. The Morgan fingerprint density at radius 1 is 1.20 bits per heavy atom. The molecule has 0 spiro atoms. The highest BCUT2D eigenvalue weighted by Gasteiger charge is 2.24. The molecule has 0 radical (unpaired) electrons. The van der Waals surface area contributed by atoms with E-state index in [4.69, 9.17) is 4.52 Å². The Morgan fingerprint density at radius 2 is 2.08 bits per heavy atom. The Labute approximate surface area is 151 Å². The zero-order chi connectivity index (χ0) is 17.1. The van der Waals surface area contributed by atoms with Crippen LogP contribution in [0.3, 0.4) is 0 Å². The number of amides is 1. The van der Waals surface area contributed by atoms with Crippen molar-refractivity contribution in [2.75, 3.05) is 26.2 Å². The van der Waals surface area contributed by atoms with Gasteiger partial charge in [0.1, 0.15) is 0 Å². The van der Waals surface area contributed by atoms with Crippen molar-refractivity contribution in [3.63, 3.8) is 0 Å². The minimum absolute atomic E-state index is 0.143. The fourth-order valence-corrected chi connectivity index (χ4v) is 4.40. The largest absolute Gasteiger partial charge is 0.338 e. The van der Waals surface area contributed by atoms with Gasteiger partial charge in [-0.05, 0) is 30.7 Å². The Bertz CT molecular complexity index is 694. The summed E-state index contributed by atoms with van der Waals surface area (Å²) in [5, 5.41) is 8.07. The van der Waals surface area contributed by atoms with Crippen LogP contribution in [-0.2, 0) is 6.54 Å². The van der Waals surface area contributed by atoms with E-state index in [1.807, 2.05) is 21.7 Å². The first-order valence-electron chi connectivity index (χ1n) is 9.16. The first-order chi connectivity index (χ1) is 12.3. The van der Waals surface area contributed by atoms with Crippen molar-refractivity contribution in [1.82, 2.24) is 19.9 Å². The summed E-state index contributed by atoms with van der Waals surface area (Å²) >= 11 is 1.57. The lowest BCUT2D eigenvalue weighted by molar-refractivity contribution is 0.0761. The summed E-state index contributed by atoms with van der Waals surface area (Å²) in [6, 6.07) is 1.90. The second kappa shape index (κ2) is 7.66. The molecule has 0 atom stereocenters. The number of thiophene rings is 1. The highest BCUT2D eigenvalue weighted by molar-refractivity contribution is 7.08. The molecule has 25 heavy (non-hydrogen) atoms. The molecule has 0 unspecified atom stereocenters. The van der Waals surface area contributed by atoms with Crippen molar-refractivity contribution < 1.29 is 9.32 Å². The monoisotopic (exact) mass is 360 g/mol. The van der Waals surface area contributed by atoms with E-state index in [2.05, 4.69) is 15.0 Å². The molecule has 2 aromatic rings. The van der Waals surface area contributed by atoms with Gasteiger partial charge in [0.15, 0.2) is 5.82 Å². The molecule has 6 nitrogen and oxygen atoms in total. The molecule has 1 saturated heterocycles. The average molecular weight is 360 g/mol. The Balaban J connectivity index is 1.33. The third-order valence-corrected chi connectivity index (χ3v) is 5.89. The van der Waals surface area contributed by atoms with E-state index in [1.165, 1.54) is 25.7 Å². The Morgan fingerprint density at radius 3 is 2.88 bits per heavy atom. The molecule has 1 aliphatic carbocycles. The van der Waals surface area contributed by atoms with Gasteiger partial charge in [0.05, 0.1) is 12.1 Å². The van der Waals surface area contributed by atoms with E-state index in [9.17, 15) is 4.79 Å². The van der Waals surface area contributed by atoms with E-state index in [-0.39, 0.29) is 5.91 Å². The first kappa shape index (κ1) is 16.7. The fraction of sp³-hybridized carbons (Fsp3) is 0.611. The lowest BCUT2D eigenvalue weighted by atomic mass is 10.1. The number of hydrogen-bond donors (Lipinski definition) is 0. The predicted octanol–water partition coefficient (Wildman–Crippen LogP) is 3.14. The summed E-state index contributed by atoms with van der Waals surface area (Å²) in [6.45, 7) is 4.03. The van der Waals surface area contributed by atoms with Gasteiger partial charge < -0.3 is 9.42 Å². The smallest absolute Gasteiger partial charge is 0.254 e. The van der Waals surface area contributed by atoms with Crippen LogP contribution in [0.1, 0.15) is 60.1 Å². The van der Waals surface area contributed by atoms with Crippen LogP contribution in [0, 0.1) is 0 Å². The molecule has 2 fully saturated rings. The van der Waals surface area contributed by atoms with Gasteiger partial charge in [-0.25, -0.2) is 0 Å². The van der Waals surface area contributed by atoms with Crippen molar-refractivity contribution >= 4 is 17.2 Å². The van der Waals surface area contributed by atoms with Gasteiger partial charge in [-0.3, -0.25) is 9.69 Å². The van der Waals surface area contributed by atoms with E-state index >= 15 is 0 Å². The maximum absolute atomic E-state index is 12.5. The second-order valence-corrected chi connectivity index (χ2v) is 7.74. The molecule has 1 amide bonds. The van der Waals surface area contributed by atoms with Crippen LogP contribution in [0.25, 0.3) is 0 Å². The lowest BCUT2D eigenvalue weighted by Gasteiger charge is -2.20. The van der Waals surface area contributed by atoms with Gasteiger partial charge in [-0.15, -0.1) is 0 Å². The average Bonchev–Trinajstić information content (AvgIpc) is 3.36. The molecule has 3 heterocycles.